The van der Waals surface area contributed by atoms with E-state index in [1.807, 2.05) is 0 Å². The van der Waals surface area contributed by atoms with Crippen molar-refractivity contribution in [3.63, 3.8) is 0 Å². The van der Waals surface area contributed by atoms with E-state index < -0.39 is 0 Å². The van der Waals surface area contributed by atoms with Crippen molar-refractivity contribution in [3.05, 3.63) is 48.0 Å². The minimum absolute atomic E-state index is 0.802. The smallest absolute Gasteiger partial charge is 0.124 e. The lowest BCUT2D eigenvalue weighted by Crippen LogP contribution is -1.96. The van der Waals surface area contributed by atoms with Crippen LogP contribution in [0.15, 0.2) is 42.5 Å². The van der Waals surface area contributed by atoms with Gasteiger partial charge in [-0.15, -0.1) is 11.3 Å². The molecule has 0 amide bonds. The van der Waals surface area contributed by atoms with E-state index in [1.165, 1.54) is 99.3 Å². The molecule has 3 aromatic rings. The Kier molecular flexibility index (Phi) is 11.8. The maximum Gasteiger partial charge on any atom is 0.124 e. The highest BCUT2D eigenvalue weighted by Crippen LogP contribution is 2.32. The van der Waals surface area contributed by atoms with E-state index in [2.05, 4.69) is 56.3 Å². The number of aromatic nitrogens is 1. The van der Waals surface area contributed by atoms with E-state index in [0.29, 0.717) is 0 Å². The molecule has 0 spiro atoms. The molecular weight excluding hydrogens is 422 g/mol. The zero-order valence-electron chi connectivity index (χ0n) is 20.9. The molecule has 33 heavy (non-hydrogen) atoms. The molecule has 2 aromatic carbocycles. The van der Waals surface area contributed by atoms with Gasteiger partial charge in [-0.05, 0) is 61.2 Å². The fraction of sp³-hybridized carbons (Fsp3) is 0.567. The number of fused-ring (bicyclic) bond motifs is 1. The van der Waals surface area contributed by atoms with Crippen LogP contribution in [0.5, 0.6) is 5.75 Å². The Bertz CT molecular complexity index is 915. The van der Waals surface area contributed by atoms with Gasteiger partial charge in [-0.25, -0.2) is 4.98 Å². The van der Waals surface area contributed by atoms with E-state index in [-0.39, 0.29) is 0 Å². The minimum Gasteiger partial charge on any atom is -0.494 e. The lowest BCUT2D eigenvalue weighted by atomic mass is 10.0. The number of rotatable bonds is 17. The van der Waals surface area contributed by atoms with Gasteiger partial charge in [-0.1, -0.05) is 90.5 Å². The minimum atomic E-state index is 0.802. The van der Waals surface area contributed by atoms with Crippen molar-refractivity contribution in [2.45, 2.75) is 104 Å². The van der Waals surface area contributed by atoms with Gasteiger partial charge in [0, 0.05) is 5.56 Å². The molecule has 0 saturated carbocycles. The maximum absolute atomic E-state index is 5.84. The van der Waals surface area contributed by atoms with Crippen LogP contribution in [0, 0.1) is 0 Å². The number of ether oxygens (including phenoxy) is 1. The number of hydrogen-bond acceptors (Lipinski definition) is 3. The fourth-order valence-electron chi connectivity index (χ4n) is 4.30. The van der Waals surface area contributed by atoms with Crippen LogP contribution in [0.2, 0.25) is 0 Å². The van der Waals surface area contributed by atoms with Crippen LogP contribution in [-0.2, 0) is 6.42 Å². The lowest BCUT2D eigenvalue weighted by Gasteiger charge is -2.05. The molecule has 0 radical (unpaired) electrons. The third-order valence-electron chi connectivity index (χ3n) is 6.39. The van der Waals surface area contributed by atoms with Crippen molar-refractivity contribution < 1.29 is 4.74 Å². The average Bonchev–Trinajstić information content (AvgIpc) is 3.27. The van der Waals surface area contributed by atoms with E-state index in [1.54, 1.807) is 11.3 Å². The molecule has 3 heteroatoms. The maximum atomic E-state index is 5.84. The first-order valence-electron chi connectivity index (χ1n) is 13.4. The van der Waals surface area contributed by atoms with Crippen molar-refractivity contribution in [2.24, 2.45) is 0 Å². The van der Waals surface area contributed by atoms with E-state index in [0.717, 1.165) is 29.3 Å². The largest absolute Gasteiger partial charge is 0.494 e. The summed E-state index contributed by atoms with van der Waals surface area (Å²) in [6.07, 6.45) is 18.7. The third-order valence-corrected chi connectivity index (χ3v) is 7.46. The summed E-state index contributed by atoms with van der Waals surface area (Å²) in [5.74, 6) is 0.953. The van der Waals surface area contributed by atoms with E-state index in [4.69, 9.17) is 9.72 Å². The summed E-state index contributed by atoms with van der Waals surface area (Å²) in [4.78, 5) is 4.87. The molecule has 0 unspecified atom stereocenters. The highest BCUT2D eigenvalue weighted by atomic mass is 32.1. The number of aryl methyl sites for hydroxylation is 1. The van der Waals surface area contributed by atoms with Gasteiger partial charge in [0.25, 0.3) is 0 Å². The van der Waals surface area contributed by atoms with Crippen molar-refractivity contribution in [2.75, 3.05) is 6.61 Å². The van der Waals surface area contributed by atoms with Crippen LogP contribution in [0.1, 0.15) is 103 Å². The molecule has 3 rings (SSSR count). The van der Waals surface area contributed by atoms with Crippen LogP contribution >= 0.6 is 11.3 Å². The predicted molar refractivity (Wildman–Crippen MR) is 146 cm³/mol. The Balaban J connectivity index is 1.41. The summed E-state index contributed by atoms with van der Waals surface area (Å²) < 4.78 is 7.15. The topological polar surface area (TPSA) is 22.1 Å². The molecule has 1 aromatic heterocycles. The molecule has 0 bridgehead atoms. The van der Waals surface area contributed by atoms with Gasteiger partial charge < -0.3 is 4.74 Å². The van der Waals surface area contributed by atoms with Gasteiger partial charge in [0.15, 0.2) is 0 Å². The SMILES string of the molecule is CCCCCCCCCCCCc1ccc2nc(-c3ccc(OCCCCC)cc3)sc2c1. The van der Waals surface area contributed by atoms with Crippen LogP contribution in [0.25, 0.3) is 20.8 Å². The summed E-state index contributed by atoms with van der Waals surface area (Å²) in [6, 6.07) is 15.2. The number of nitrogens with zero attached hydrogens (tertiary/aromatic N) is 1. The van der Waals surface area contributed by atoms with Crippen molar-refractivity contribution in [1.29, 1.82) is 0 Å². The molecule has 0 aliphatic carbocycles. The van der Waals surface area contributed by atoms with Crippen molar-refractivity contribution >= 4 is 21.6 Å². The van der Waals surface area contributed by atoms with Crippen LogP contribution < -0.4 is 4.74 Å². The molecule has 0 N–H and O–H groups in total. The van der Waals surface area contributed by atoms with Crippen molar-refractivity contribution in [3.8, 4) is 16.3 Å². The number of hydrogen-bond donors (Lipinski definition) is 0. The lowest BCUT2D eigenvalue weighted by molar-refractivity contribution is 0.306. The zero-order chi connectivity index (χ0) is 23.1. The first kappa shape index (κ1) is 25.7. The number of unbranched alkanes of at least 4 members (excludes halogenated alkanes) is 11. The first-order chi connectivity index (χ1) is 16.3. The van der Waals surface area contributed by atoms with Crippen LogP contribution in [0.3, 0.4) is 0 Å². The third kappa shape index (κ3) is 9.12. The summed E-state index contributed by atoms with van der Waals surface area (Å²) >= 11 is 1.80. The van der Waals surface area contributed by atoms with Gasteiger partial charge in [0.05, 0.1) is 16.8 Å². The zero-order valence-corrected chi connectivity index (χ0v) is 21.7. The molecule has 2 nitrogen and oxygen atoms in total. The van der Waals surface area contributed by atoms with Crippen LogP contribution in [0.4, 0.5) is 0 Å². The normalized spacial score (nSPS) is 11.3. The van der Waals surface area contributed by atoms with Gasteiger partial charge in [-0.3, -0.25) is 0 Å². The molecule has 0 aliphatic heterocycles. The van der Waals surface area contributed by atoms with Crippen molar-refractivity contribution in [1.82, 2.24) is 4.98 Å². The fourth-order valence-corrected chi connectivity index (χ4v) is 5.34. The predicted octanol–water partition coefficient (Wildman–Crippen LogP) is 10.00. The Hall–Kier alpha value is -1.87. The Morgan fingerprint density at radius 3 is 2.03 bits per heavy atom. The molecule has 1 heterocycles. The Labute approximate surface area is 205 Å². The van der Waals surface area contributed by atoms with Crippen LogP contribution in [-0.4, -0.2) is 11.6 Å². The van der Waals surface area contributed by atoms with Gasteiger partial charge in [0.1, 0.15) is 10.8 Å². The molecule has 0 saturated heterocycles. The molecule has 0 aliphatic rings. The monoisotopic (exact) mass is 465 g/mol. The van der Waals surface area contributed by atoms with E-state index in [9.17, 15) is 0 Å². The summed E-state index contributed by atoms with van der Waals surface area (Å²) in [6.45, 7) is 5.31. The Morgan fingerprint density at radius 2 is 1.33 bits per heavy atom. The molecule has 0 atom stereocenters. The second kappa shape index (κ2) is 15.1. The molecule has 0 fully saturated rings. The second-order valence-corrected chi connectivity index (χ2v) is 10.4. The van der Waals surface area contributed by atoms with Gasteiger partial charge in [0.2, 0.25) is 0 Å². The summed E-state index contributed by atoms with van der Waals surface area (Å²) in [7, 11) is 0. The molecule has 180 valence electrons. The number of thiazole rings is 1. The Morgan fingerprint density at radius 1 is 0.697 bits per heavy atom. The quantitative estimate of drug-likeness (QED) is 0.185. The second-order valence-electron chi connectivity index (χ2n) is 9.33. The van der Waals surface area contributed by atoms with Gasteiger partial charge in [-0.2, -0.15) is 0 Å². The standard InChI is InChI=1S/C30H43NOS/c1-3-5-7-8-9-10-11-12-13-14-16-25-17-22-28-29(24-25)33-30(31-28)26-18-20-27(21-19-26)32-23-15-6-4-2/h17-22,24H,3-16,23H2,1-2H3. The summed E-state index contributed by atoms with van der Waals surface area (Å²) in [5, 5.41) is 1.10. The highest BCUT2D eigenvalue weighted by Gasteiger charge is 2.08. The number of benzene rings is 2. The highest BCUT2D eigenvalue weighted by molar-refractivity contribution is 7.21. The summed E-state index contributed by atoms with van der Waals surface area (Å²) in [5.41, 5.74) is 3.74. The average molecular weight is 466 g/mol. The van der Waals surface area contributed by atoms with Gasteiger partial charge >= 0.3 is 0 Å². The molecular formula is C30H43NOS. The van der Waals surface area contributed by atoms with E-state index >= 15 is 0 Å². The first-order valence-corrected chi connectivity index (χ1v) is 14.2.